The van der Waals surface area contributed by atoms with Crippen LogP contribution in [-0.4, -0.2) is 50.7 Å². The molecule has 19 heavy (non-hydrogen) atoms. The van der Waals surface area contributed by atoms with E-state index >= 15 is 0 Å². The van der Waals surface area contributed by atoms with Crippen LogP contribution in [0.1, 0.15) is 26.1 Å². The summed E-state index contributed by atoms with van der Waals surface area (Å²) in [5, 5.41) is 11.5. The second-order valence-electron chi connectivity index (χ2n) is 4.88. The number of hydrogen-bond acceptors (Lipinski definition) is 5. The molecular formula is C13H22N6. The Bertz CT molecular complexity index is 535. The largest absolute Gasteiger partial charge is 0.366 e. The van der Waals surface area contributed by atoms with Gasteiger partial charge in [-0.3, -0.25) is 4.40 Å². The molecule has 1 N–H and O–H groups in total. The van der Waals surface area contributed by atoms with E-state index in [0.29, 0.717) is 6.04 Å². The van der Waals surface area contributed by atoms with Crippen molar-refractivity contribution < 1.29 is 0 Å². The first-order valence-corrected chi connectivity index (χ1v) is 6.74. The summed E-state index contributed by atoms with van der Waals surface area (Å²) in [6.45, 7) is 8.20. The zero-order valence-electron chi connectivity index (χ0n) is 12.1. The van der Waals surface area contributed by atoms with Crippen LogP contribution in [0.2, 0.25) is 0 Å². The van der Waals surface area contributed by atoms with Crippen molar-refractivity contribution in [2.24, 2.45) is 0 Å². The molecule has 2 aromatic heterocycles. The summed E-state index contributed by atoms with van der Waals surface area (Å²) < 4.78 is 1.94. The van der Waals surface area contributed by atoms with Gasteiger partial charge in [0.2, 0.25) is 5.65 Å². The molecule has 0 bridgehead atoms. The number of hydrogen-bond donors (Lipinski definition) is 1. The quantitative estimate of drug-likeness (QED) is 0.856. The third kappa shape index (κ3) is 3.01. The maximum absolute atomic E-state index is 4.33. The smallest absolute Gasteiger partial charge is 0.203 e. The third-order valence-electron chi connectivity index (χ3n) is 3.60. The lowest BCUT2D eigenvalue weighted by atomic mass is 10.2. The molecule has 2 heterocycles. The molecule has 0 saturated carbocycles. The van der Waals surface area contributed by atoms with E-state index in [0.717, 1.165) is 36.8 Å². The molecule has 0 spiro atoms. The molecular weight excluding hydrogens is 240 g/mol. The first kappa shape index (κ1) is 13.7. The molecule has 0 aliphatic carbocycles. The number of nitrogens with zero attached hydrogens (tertiary/aromatic N) is 5. The molecule has 0 amide bonds. The van der Waals surface area contributed by atoms with Crippen molar-refractivity contribution in [3.8, 4) is 0 Å². The SMILES string of the molecule is CCC(C)N(C)CCNc1nccn2c(C)nnc12. The molecule has 2 rings (SSSR count). The van der Waals surface area contributed by atoms with Gasteiger partial charge in [0, 0.05) is 31.5 Å². The summed E-state index contributed by atoms with van der Waals surface area (Å²) >= 11 is 0. The highest BCUT2D eigenvalue weighted by Gasteiger charge is 2.09. The number of nitrogens with one attached hydrogen (secondary N) is 1. The summed E-state index contributed by atoms with van der Waals surface area (Å²) in [6, 6.07) is 0.598. The molecule has 0 saturated heterocycles. The van der Waals surface area contributed by atoms with Gasteiger partial charge in [0.1, 0.15) is 5.82 Å². The summed E-state index contributed by atoms with van der Waals surface area (Å²) in [7, 11) is 2.14. The van der Waals surface area contributed by atoms with E-state index in [1.807, 2.05) is 17.5 Å². The number of aryl methyl sites for hydroxylation is 1. The van der Waals surface area contributed by atoms with Gasteiger partial charge >= 0.3 is 0 Å². The van der Waals surface area contributed by atoms with Crippen LogP contribution in [0.3, 0.4) is 0 Å². The average molecular weight is 262 g/mol. The van der Waals surface area contributed by atoms with Crippen LogP contribution in [-0.2, 0) is 0 Å². The lowest BCUT2D eigenvalue weighted by Crippen LogP contribution is -2.32. The average Bonchev–Trinajstić information content (AvgIpc) is 2.80. The Kier molecular flexibility index (Phi) is 4.31. The highest BCUT2D eigenvalue weighted by molar-refractivity contribution is 5.61. The fourth-order valence-corrected chi connectivity index (χ4v) is 1.95. The minimum Gasteiger partial charge on any atom is -0.366 e. The van der Waals surface area contributed by atoms with Crippen LogP contribution in [0, 0.1) is 6.92 Å². The molecule has 1 unspecified atom stereocenters. The van der Waals surface area contributed by atoms with Crippen molar-refractivity contribution in [2.45, 2.75) is 33.2 Å². The summed E-state index contributed by atoms with van der Waals surface area (Å²) in [4.78, 5) is 6.66. The second-order valence-corrected chi connectivity index (χ2v) is 4.88. The Morgan fingerprint density at radius 2 is 2.21 bits per heavy atom. The van der Waals surface area contributed by atoms with Crippen molar-refractivity contribution in [1.29, 1.82) is 0 Å². The summed E-state index contributed by atoms with van der Waals surface area (Å²) in [5.41, 5.74) is 0.784. The number of rotatable bonds is 6. The van der Waals surface area contributed by atoms with Crippen LogP contribution < -0.4 is 5.32 Å². The lowest BCUT2D eigenvalue weighted by molar-refractivity contribution is 0.261. The molecule has 0 radical (unpaired) electrons. The van der Waals surface area contributed by atoms with Gasteiger partial charge in [0.05, 0.1) is 0 Å². The molecule has 1 atom stereocenters. The normalized spacial score (nSPS) is 13.1. The summed E-state index contributed by atoms with van der Waals surface area (Å²) in [6.07, 6.45) is 4.80. The van der Waals surface area contributed by atoms with Crippen LogP contribution in [0.15, 0.2) is 12.4 Å². The van der Waals surface area contributed by atoms with Gasteiger partial charge in [-0.15, -0.1) is 10.2 Å². The monoisotopic (exact) mass is 262 g/mol. The molecule has 6 heteroatoms. The van der Waals surface area contributed by atoms with E-state index in [1.165, 1.54) is 0 Å². The Morgan fingerprint density at radius 1 is 1.42 bits per heavy atom. The van der Waals surface area contributed by atoms with E-state index in [1.54, 1.807) is 6.20 Å². The van der Waals surface area contributed by atoms with E-state index in [-0.39, 0.29) is 0 Å². The van der Waals surface area contributed by atoms with Gasteiger partial charge in [-0.25, -0.2) is 4.98 Å². The van der Waals surface area contributed by atoms with E-state index in [4.69, 9.17) is 0 Å². The zero-order chi connectivity index (χ0) is 13.8. The van der Waals surface area contributed by atoms with Gasteiger partial charge in [-0.2, -0.15) is 0 Å². The van der Waals surface area contributed by atoms with Gasteiger partial charge in [-0.05, 0) is 27.3 Å². The maximum atomic E-state index is 4.33. The number of likely N-dealkylation sites (N-methyl/N-ethyl adjacent to an activating group) is 1. The first-order valence-electron chi connectivity index (χ1n) is 6.74. The van der Waals surface area contributed by atoms with E-state index in [9.17, 15) is 0 Å². The predicted octanol–water partition coefficient (Wildman–Crippen LogP) is 1.57. The molecule has 0 fully saturated rings. The molecule has 0 aliphatic heterocycles. The van der Waals surface area contributed by atoms with E-state index < -0.39 is 0 Å². The first-order chi connectivity index (χ1) is 9.13. The van der Waals surface area contributed by atoms with Gasteiger partial charge in [0.15, 0.2) is 5.82 Å². The van der Waals surface area contributed by atoms with Crippen LogP contribution in [0.25, 0.3) is 5.65 Å². The van der Waals surface area contributed by atoms with Gasteiger partial charge in [0.25, 0.3) is 0 Å². The number of fused-ring (bicyclic) bond motifs is 1. The van der Waals surface area contributed by atoms with Crippen molar-refractivity contribution in [3.63, 3.8) is 0 Å². The Labute approximate surface area is 113 Å². The topological polar surface area (TPSA) is 58.4 Å². The Balaban J connectivity index is 1.99. The van der Waals surface area contributed by atoms with Crippen molar-refractivity contribution in [1.82, 2.24) is 24.5 Å². The van der Waals surface area contributed by atoms with Crippen molar-refractivity contribution in [3.05, 3.63) is 18.2 Å². The number of aromatic nitrogens is 4. The Morgan fingerprint density at radius 3 is 2.95 bits per heavy atom. The van der Waals surface area contributed by atoms with Crippen LogP contribution >= 0.6 is 0 Å². The maximum Gasteiger partial charge on any atom is 0.203 e. The lowest BCUT2D eigenvalue weighted by Gasteiger charge is -2.23. The second kappa shape index (κ2) is 5.97. The predicted molar refractivity (Wildman–Crippen MR) is 76.4 cm³/mol. The van der Waals surface area contributed by atoms with Crippen LogP contribution in [0.4, 0.5) is 5.82 Å². The fourth-order valence-electron chi connectivity index (χ4n) is 1.95. The minimum atomic E-state index is 0.598. The third-order valence-corrected chi connectivity index (χ3v) is 3.60. The highest BCUT2D eigenvalue weighted by atomic mass is 15.3. The molecule has 2 aromatic rings. The Hall–Kier alpha value is -1.69. The van der Waals surface area contributed by atoms with Crippen molar-refractivity contribution in [2.75, 3.05) is 25.5 Å². The molecule has 6 nitrogen and oxygen atoms in total. The minimum absolute atomic E-state index is 0.598. The van der Waals surface area contributed by atoms with Crippen molar-refractivity contribution >= 4 is 11.5 Å². The van der Waals surface area contributed by atoms with E-state index in [2.05, 4.69) is 46.3 Å². The fraction of sp³-hybridized carbons (Fsp3) is 0.615. The zero-order valence-corrected chi connectivity index (χ0v) is 12.1. The highest BCUT2D eigenvalue weighted by Crippen LogP contribution is 2.11. The molecule has 0 aliphatic rings. The van der Waals surface area contributed by atoms with Gasteiger partial charge in [-0.1, -0.05) is 6.92 Å². The summed E-state index contributed by atoms with van der Waals surface area (Å²) in [5.74, 6) is 1.66. The molecule has 104 valence electrons. The van der Waals surface area contributed by atoms with Crippen LogP contribution in [0.5, 0.6) is 0 Å². The standard InChI is InChI=1S/C13H22N6/c1-5-10(2)18(4)8-6-14-12-13-17-16-11(3)19(13)9-7-15-12/h7,9-10H,5-6,8H2,1-4H3,(H,14,15). The molecule has 0 aromatic carbocycles. The van der Waals surface area contributed by atoms with Gasteiger partial charge < -0.3 is 10.2 Å². The number of anilines is 1.